The number of ketones is 1. The first-order valence-corrected chi connectivity index (χ1v) is 5.20. The third-order valence-corrected chi connectivity index (χ3v) is 2.39. The van der Waals surface area contributed by atoms with Gasteiger partial charge in [0.2, 0.25) is 0 Å². The van der Waals surface area contributed by atoms with E-state index < -0.39 is 6.61 Å². The zero-order valence-corrected chi connectivity index (χ0v) is 9.29. The molecular formula is C11H14ClNO2. The van der Waals surface area contributed by atoms with E-state index in [2.05, 4.69) is 5.32 Å². The molecule has 0 spiro atoms. The molecule has 3 nitrogen and oxygen atoms in total. The van der Waals surface area contributed by atoms with Gasteiger partial charge in [-0.15, -0.1) is 0 Å². The topological polar surface area (TPSA) is 49.3 Å². The molecule has 0 heterocycles. The van der Waals surface area contributed by atoms with E-state index in [1.54, 1.807) is 24.3 Å². The van der Waals surface area contributed by atoms with Gasteiger partial charge in [-0.2, -0.15) is 0 Å². The first-order chi connectivity index (χ1) is 7.17. The number of carbonyl (C=O) groups excluding carboxylic acids is 1. The van der Waals surface area contributed by atoms with Crippen molar-refractivity contribution in [2.45, 2.75) is 19.4 Å². The van der Waals surface area contributed by atoms with Crippen LogP contribution in [0.3, 0.4) is 0 Å². The van der Waals surface area contributed by atoms with Gasteiger partial charge in [-0.3, -0.25) is 4.79 Å². The van der Waals surface area contributed by atoms with Crippen LogP contribution in [-0.2, 0) is 4.79 Å². The van der Waals surface area contributed by atoms with E-state index in [4.69, 9.17) is 16.7 Å². The smallest absolute Gasteiger partial charge is 0.180 e. The van der Waals surface area contributed by atoms with Crippen LogP contribution in [-0.4, -0.2) is 23.5 Å². The Morgan fingerprint density at radius 2 is 2.07 bits per heavy atom. The number of hydrogen-bond donors (Lipinski definition) is 2. The van der Waals surface area contributed by atoms with E-state index in [9.17, 15) is 4.79 Å². The van der Waals surface area contributed by atoms with Gasteiger partial charge >= 0.3 is 0 Å². The van der Waals surface area contributed by atoms with E-state index >= 15 is 0 Å². The van der Waals surface area contributed by atoms with Crippen LogP contribution in [0.5, 0.6) is 0 Å². The Kier molecular flexibility index (Phi) is 4.59. The number of Topliss-reactive ketones (excluding diaryl/α,β-unsaturated/α-hetero) is 1. The molecule has 82 valence electrons. The average molecular weight is 228 g/mol. The Morgan fingerprint density at radius 1 is 1.47 bits per heavy atom. The number of aliphatic hydroxyl groups is 1. The van der Waals surface area contributed by atoms with E-state index in [0.29, 0.717) is 11.4 Å². The van der Waals surface area contributed by atoms with Crippen LogP contribution in [0, 0.1) is 0 Å². The molecule has 0 aliphatic rings. The van der Waals surface area contributed by atoms with Gasteiger partial charge in [0.1, 0.15) is 6.61 Å². The van der Waals surface area contributed by atoms with Crippen LogP contribution in [0.15, 0.2) is 24.3 Å². The van der Waals surface area contributed by atoms with Crippen molar-refractivity contribution in [2.75, 3.05) is 11.9 Å². The molecule has 1 rings (SSSR count). The molecule has 0 bridgehead atoms. The fourth-order valence-corrected chi connectivity index (χ4v) is 1.39. The first-order valence-electron chi connectivity index (χ1n) is 4.83. The number of carbonyl (C=O) groups is 1. The number of halogens is 1. The molecule has 1 aromatic rings. The lowest BCUT2D eigenvalue weighted by atomic mass is 10.1. The summed E-state index contributed by atoms with van der Waals surface area (Å²) in [5.74, 6) is -0.201. The number of aliphatic hydroxyl groups excluding tert-OH is 1. The predicted octanol–water partition coefficient (Wildman–Crippen LogP) is 2.09. The fraction of sp³-hybridized carbons (Fsp3) is 0.364. The van der Waals surface area contributed by atoms with E-state index in [-0.39, 0.29) is 11.8 Å². The number of rotatable bonds is 5. The molecule has 0 aromatic heterocycles. The molecule has 1 aromatic carbocycles. The molecule has 0 fully saturated rings. The van der Waals surface area contributed by atoms with Crippen LogP contribution < -0.4 is 5.32 Å². The van der Waals surface area contributed by atoms with E-state index in [0.717, 1.165) is 5.69 Å². The molecule has 0 saturated carbocycles. The molecule has 4 heteroatoms. The highest BCUT2D eigenvalue weighted by molar-refractivity contribution is 6.30. The minimum atomic E-state index is -0.431. The van der Waals surface area contributed by atoms with Crippen molar-refractivity contribution in [3.63, 3.8) is 0 Å². The van der Waals surface area contributed by atoms with Gasteiger partial charge < -0.3 is 10.4 Å². The lowest BCUT2D eigenvalue weighted by Crippen LogP contribution is -2.30. The number of nitrogens with one attached hydrogen (secondary N) is 1. The second-order valence-electron chi connectivity index (χ2n) is 3.24. The minimum Gasteiger partial charge on any atom is -0.389 e. The van der Waals surface area contributed by atoms with Crippen molar-refractivity contribution in [3.05, 3.63) is 29.3 Å². The van der Waals surface area contributed by atoms with Crippen molar-refractivity contribution in [2.24, 2.45) is 0 Å². The van der Waals surface area contributed by atoms with Crippen LogP contribution in [0.25, 0.3) is 0 Å². The van der Waals surface area contributed by atoms with Crippen LogP contribution in [0.4, 0.5) is 5.69 Å². The van der Waals surface area contributed by atoms with Crippen LogP contribution >= 0.6 is 11.6 Å². The lowest BCUT2D eigenvalue weighted by Gasteiger charge is -2.15. The SMILES string of the molecule is CCC(Nc1ccc(Cl)cc1)C(=O)CO. The van der Waals surface area contributed by atoms with Crippen molar-refractivity contribution in [1.82, 2.24) is 0 Å². The fourth-order valence-electron chi connectivity index (χ4n) is 1.27. The average Bonchev–Trinajstić information content (AvgIpc) is 2.27. The number of hydrogen-bond acceptors (Lipinski definition) is 3. The quantitative estimate of drug-likeness (QED) is 0.810. The molecule has 1 unspecified atom stereocenters. The maximum absolute atomic E-state index is 11.3. The second-order valence-corrected chi connectivity index (χ2v) is 3.67. The monoisotopic (exact) mass is 227 g/mol. The van der Waals surface area contributed by atoms with E-state index in [1.165, 1.54) is 0 Å². The summed E-state index contributed by atoms with van der Waals surface area (Å²) in [6, 6.07) is 6.77. The molecular weight excluding hydrogens is 214 g/mol. The van der Waals surface area contributed by atoms with Gasteiger partial charge in [-0.05, 0) is 30.7 Å². The highest BCUT2D eigenvalue weighted by Crippen LogP contribution is 2.15. The van der Waals surface area contributed by atoms with Crippen LogP contribution in [0.2, 0.25) is 5.02 Å². The zero-order chi connectivity index (χ0) is 11.3. The summed E-state index contributed by atoms with van der Waals surface area (Å²) in [6.07, 6.45) is 0.641. The molecule has 0 aliphatic heterocycles. The van der Waals surface area contributed by atoms with Crippen molar-refractivity contribution < 1.29 is 9.90 Å². The third kappa shape index (κ3) is 3.53. The standard InChI is InChI=1S/C11H14ClNO2/c1-2-10(11(15)7-14)13-9-5-3-8(12)4-6-9/h3-6,10,13-14H,2,7H2,1H3. The third-order valence-electron chi connectivity index (χ3n) is 2.14. The lowest BCUT2D eigenvalue weighted by molar-refractivity contribution is -0.122. The summed E-state index contributed by atoms with van der Waals surface area (Å²) in [6.45, 7) is 1.46. The summed E-state index contributed by atoms with van der Waals surface area (Å²) in [5, 5.41) is 12.4. The Labute approximate surface area is 94.1 Å². The normalized spacial score (nSPS) is 12.2. The molecule has 0 radical (unpaired) electrons. The molecule has 0 saturated heterocycles. The van der Waals surface area contributed by atoms with Gasteiger partial charge in [0.25, 0.3) is 0 Å². The van der Waals surface area contributed by atoms with Gasteiger partial charge in [-0.25, -0.2) is 0 Å². The Balaban J connectivity index is 2.66. The Morgan fingerprint density at radius 3 is 2.53 bits per heavy atom. The maximum atomic E-state index is 11.3. The van der Waals surface area contributed by atoms with E-state index in [1.807, 2.05) is 6.92 Å². The molecule has 0 aliphatic carbocycles. The highest BCUT2D eigenvalue weighted by atomic mass is 35.5. The number of anilines is 1. The maximum Gasteiger partial charge on any atom is 0.180 e. The molecule has 15 heavy (non-hydrogen) atoms. The summed E-state index contributed by atoms with van der Waals surface area (Å²) >= 11 is 5.74. The predicted molar refractivity (Wildman–Crippen MR) is 61.2 cm³/mol. The van der Waals surface area contributed by atoms with Crippen molar-refractivity contribution in [3.8, 4) is 0 Å². The van der Waals surface area contributed by atoms with Crippen molar-refractivity contribution >= 4 is 23.1 Å². The zero-order valence-electron chi connectivity index (χ0n) is 8.53. The minimum absolute atomic E-state index is 0.201. The summed E-state index contributed by atoms with van der Waals surface area (Å²) in [4.78, 5) is 11.3. The van der Waals surface area contributed by atoms with Crippen LogP contribution in [0.1, 0.15) is 13.3 Å². The summed E-state index contributed by atoms with van der Waals surface area (Å²) < 4.78 is 0. The second kappa shape index (κ2) is 5.73. The first kappa shape index (κ1) is 12.0. The van der Waals surface area contributed by atoms with Gasteiger partial charge in [0.05, 0.1) is 6.04 Å². The molecule has 0 amide bonds. The molecule has 2 N–H and O–H groups in total. The Hall–Kier alpha value is -1.06. The van der Waals surface area contributed by atoms with Crippen molar-refractivity contribution in [1.29, 1.82) is 0 Å². The van der Waals surface area contributed by atoms with Gasteiger partial charge in [-0.1, -0.05) is 18.5 Å². The highest BCUT2D eigenvalue weighted by Gasteiger charge is 2.14. The Bertz CT molecular complexity index is 324. The largest absolute Gasteiger partial charge is 0.389 e. The number of benzene rings is 1. The summed E-state index contributed by atoms with van der Waals surface area (Å²) in [7, 11) is 0. The summed E-state index contributed by atoms with van der Waals surface area (Å²) in [5.41, 5.74) is 0.827. The van der Waals surface area contributed by atoms with Gasteiger partial charge in [0, 0.05) is 10.7 Å². The van der Waals surface area contributed by atoms with Gasteiger partial charge in [0.15, 0.2) is 5.78 Å². The molecule has 1 atom stereocenters.